The minimum atomic E-state index is -0.127. The molecule has 2 heterocycles. The van der Waals surface area contributed by atoms with E-state index >= 15 is 0 Å². The Kier molecular flexibility index (Phi) is 3.57. The molecule has 1 unspecified atom stereocenters. The van der Waals surface area contributed by atoms with Gasteiger partial charge in [0.05, 0.1) is 13.1 Å². The van der Waals surface area contributed by atoms with Crippen molar-refractivity contribution in [3.63, 3.8) is 0 Å². The predicted molar refractivity (Wildman–Crippen MR) is 61.6 cm³/mol. The third-order valence-corrected chi connectivity index (χ3v) is 4.70. The average Bonchev–Trinajstić information content (AvgIpc) is 2.17. The zero-order valence-corrected chi connectivity index (χ0v) is 10.2. The van der Waals surface area contributed by atoms with Crippen LogP contribution < -0.4 is 0 Å². The number of nitrogens with zero attached hydrogens (tertiary/aromatic N) is 1. The monoisotopic (exact) mass is 230 g/mol. The van der Waals surface area contributed by atoms with Gasteiger partial charge in [-0.3, -0.25) is 4.79 Å². The maximum atomic E-state index is 10.9. The highest BCUT2D eigenvalue weighted by Gasteiger charge is 2.37. The van der Waals surface area contributed by atoms with Gasteiger partial charge in [-0.2, -0.15) is 0 Å². The Hall–Kier alpha value is -0.220. The SMILES string of the molecule is CC(=O)OC1CSC[N+]2(CCCCC2)C1. The molecule has 15 heavy (non-hydrogen) atoms. The van der Waals surface area contributed by atoms with Crippen molar-refractivity contribution in [2.24, 2.45) is 0 Å². The molecular formula is C11H20NO2S+. The van der Waals surface area contributed by atoms with Gasteiger partial charge < -0.3 is 9.22 Å². The summed E-state index contributed by atoms with van der Waals surface area (Å²) in [6.45, 7) is 5.13. The number of thioether (sulfide) groups is 1. The molecule has 2 aliphatic heterocycles. The summed E-state index contributed by atoms with van der Waals surface area (Å²) in [5, 5.41) is 0. The average molecular weight is 230 g/mol. The largest absolute Gasteiger partial charge is 0.456 e. The summed E-state index contributed by atoms with van der Waals surface area (Å²) in [5.41, 5.74) is 0. The molecule has 0 aliphatic carbocycles. The van der Waals surface area contributed by atoms with Gasteiger partial charge in [0.2, 0.25) is 0 Å². The zero-order valence-electron chi connectivity index (χ0n) is 9.41. The minimum absolute atomic E-state index is 0.127. The van der Waals surface area contributed by atoms with Crippen molar-refractivity contribution >= 4 is 17.7 Å². The maximum Gasteiger partial charge on any atom is 0.303 e. The summed E-state index contributed by atoms with van der Waals surface area (Å²) in [7, 11) is 0. The number of carbonyl (C=O) groups excluding carboxylic acids is 1. The molecule has 0 saturated carbocycles. The fraction of sp³-hybridized carbons (Fsp3) is 0.909. The first-order valence-electron chi connectivity index (χ1n) is 5.80. The van der Waals surface area contributed by atoms with Crippen molar-refractivity contribution in [3.05, 3.63) is 0 Å². The molecular weight excluding hydrogens is 210 g/mol. The van der Waals surface area contributed by atoms with Crippen LogP contribution in [0.25, 0.3) is 0 Å². The van der Waals surface area contributed by atoms with Crippen LogP contribution in [0.4, 0.5) is 0 Å². The topological polar surface area (TPSA) is 26.3 Å². The van der Waals surface area contributed by atoms with E-state index in [-0.39, 0.29) is 12.1 Å². The van der Waals surface area contributed by atoms with E-state index in [0.29, 0.717) is 0 Å². The second kappa shape index (κ2) is 4.74. The van der Waals surface area contributed by atoms with Crippen molar-refractivity contribution in [1.82, 2.24) is 0 Å². The van der Waals surface area contributed by atoms with Gasteiger partial charge in [-0.25, -0.2) is 0 Å². The van der Waals surface area contributed by atoms with E-state index in [4.69, 9.17) is 4.74 Å². The van der Waals surface area contributed by atoms with Gasteiger partial charge in [0.15, 0.2) is 6.10 Å². The number of esters is 1. The van der Waals surface area contributed by atoms with Crippen LogP contribution >= 0.6 is 11.8 Å². The first-order chi connectivity index (χ1) is 7.20. The first kappa shape index (κ1) is 11.3. The smallest absolute Gasteiger partial charge is 0.303 e. The zero-order chi connectivity index (χ0) is 10.7. The molecule has 2 fully saturated rings. The Morgan fingerprint density at radius 3 is 2.73 bits per heavy atom. The molecule has 2 aliphatic rings. The molecule has 4 heteroatoms. The lowest BCUT2D eigenvalue weighted by atomic mass is 10.1. The van der Waals surface area contributed by atoms with Crippen molar-refractivity contribution in [2.45, 2.75) is 32.3 Å². The standard InChI is InChI=1S/C11H20NO2S/c1-10(13)14-11-7-12(9-15-8-11)5-3-2-4-6-12/h11H,2-9H2,1H3/q+1. The number of rotatable bonds is 1. The van der Waals surface area contributed by atoms with E-state index in [0.717, 1.165) is 12.3 Å². The Balaban J connectivity index is 1.93. The molecule has 2 saturated heterocycles. The Bertz CT molecular complexity index is 233. The fourth-order valence-corrected chi connectivity index (χ4v) is 4.01. The van der Waals surface area contributed by atoms with Crippen LogP contribution in [0.1, 0.15) is 26.2 Å². The van der Waals surface area contributed by atoms with E-state index < -0.39 is 0 Å². The highest BCUT2D eigenvalue weighted by atomic mass is 32.2. The lowest BCUT2D eigenvalue weighted by Crippen LogP contribution is -2.58. The lowest BCUT2D eigenvalue weighted by molar-refractivity contribution is -0.924. The van der Waals surface area contributed by atoms with Gasteiger partial charge in [0.1, 0.15) is 12.4 Å². The van der Waals surface area contributed by atoms with Gasteiger partial charge in [0, 0.05) is 12.7 Å². The molecule has 0 aromatic carbocycles. The van der Waals surface area contributed by atoms with Gasteiger partial charge in [-0.15, -0.1) is 0 Å². The summed E-state index contributed by atoms with van der Waals surface area (Å²) in [6, 6.07) is 0. The molecule has 2 rings (SSSR count). The highest BCUT2D eigenvalue weighted by Crippen LogP contribution is 2.28. The second-order valence-corrected chi connectivity index (χ2v) is 5.76. The molecule has 0 radical (unpaired) electrons. The third kappa shape index (κ3) is 2.88. The Morgan fingerprint density at radius 2 is 2.07 bits per heavy atom. The van der Waals surface area contributed by atoms with Gasteiger partial charge >= 0.3 is 5.97 Å². The van der Waals surface area contributed by atoms with E-state index in [2.05, 4.69) is 0 Å². The number of piperidine rings is 1. The van der Waals surface area contributed by atoms with Crippen molar-refractivity contribution in [1.29, 1.82) is 0 Å². The normalized spacial score (nSPS) is 30.1. The summed E-state index contributed by atoms with van der Waals surface area (Å²) < 4.78 is 6.53. The predicted octanol–water partition coefficient (Wildman–Crippen LogP) is 1.62. The quantitative estimate of drug-likeness (QED) is 0.506. The lowest BCUT2D eigenvalue weighted by Gasteiger charge is -2.45. The molecule has 0 aromatic heterocycles. The number of hydrogen-bond donors (Lipinski definition) is 0. The second-order valence-electron chi connectivity index (χ2n) is 4.76. The van der Waals surface area contributed by atoms with Crippen molar-refractivity contribution in [2.75, 3.05) is 31.3 Å². The number of ether oxygens (including phenoxy) is 1. The van der Waals surface area contributed by atoms with Crippen LogP contribution in [0.5, 0.6) is 0 Å². The highest BCUT2D eigenvalue weighted by molar-refractivity contribution is 7.99. The van der Waals surface area contributed by atoms with Crippen LogP contribution in [0.15, 0.2) is 0 Å². The van der Waals surface area contributed by atoms with Crippen LogP contribution in [0, 0.1) is 0 Å². The van der Waals surface area contributed by atoms with Gasteiger partial charge in [-0.1, -0.05) is 11.8 Å². The molecule has 1 spiro atoms. The summed E-state index contributed by atoms with van der Waals surface area (Å²) in [6.07, 6.45) is 4.21. The molecule has 0 amide bonds. The Labute approximate surface area is 95.7 Å². The van der Waals surface area contributed by atoms with Crippen LogP contribution in [0.2, 0.25) is 0 Å². The number of quaternary nitrogens is 1. The fourth-order valence-electron chi connectivity index (χ4n) is 2.72. The summed E-state index contributed by atoms with van der Waals surface area (Å²) in [4.78, 5) is 10.9. The number of hydrogen-bond acceptors (Lipinski definition) is 3. The van der Waals surface area contributed by atoms with E-state index in [1.54, 1.807) is 0 Å². The maximum absolute atomic E-state index is 10.9. The molecule has 86 valence electrons. The number of carbonyl (C=O) groups is 1. The molecule has 3 nitrogen and oxygen atoms in total. The van der Waals surface area contributed by atoms with Gasteiger partial charge in [0.25, 0.3) is 0 Å². The van der Waals surface area contributed by atoms with E-state index in [1.165, 1.54) is 49.6 Å². The molecule has 0 aromatic rings. The summed E-state index contributed by atoms with van der Waals surface area (Å²) >= 11 is 1.95. The van der Waals surface area contributed by atoms with Gasteiger partial charge in [-0.05, 0) is 19.3 Å². The molecule has 1 atom stereocenters. The van der Waals surface area contributed by atoms with Crippen LogP contribution in [-0.4, -0.2) is 47.8 Å². The van der Waals surface area contributed by atoms with Crippen LogP contribution in [-0.2, 0) is 9.53 Å². The van der Waals surface area contributed by atoms with Crippen molar-refractivity contribution < 1.29 is 14.0 Å². The summed E-state index contributed by atoms with van der Waals surface area (Å²) in [5.74, 6) is 2.08. The molecule has 0 N–H and O–H groups in total. The Morgan fingerprint density at radius 1 is 1.33 bits per heavy atom. The minimum Gasteiger partial charge on any atom is -0.456 e. The van der Waals surface area contributed by atoms with Crippen LogP contribution in [0.3, 0.4) is 0 Å². The third-order valence-electron chi connectivity index (χ3n) is 3.36. The first-order valence-corrected chi connectivity index (χ1v) is 6.96. The van der Waals surface area contributed by atoms with E-state index in [1.807, 2.05) is 11.8 Å². The van der Waals surface area contributed by atoms with Crippen molar-refractivity contribution in [3.8, 4) is 0 Å². The van der Waals surface area contributed by atoms with E-state index in [9.17, 15) is 4.79 Å². The molecule has 0 bridgehead atoms.